The molecule has 15 heteroatoms. The van der Waals surface area contributed by atoms with Crippen molar-refractivity contribution < 1.29 is 43.0 Å². The van der Waals surface area contributed by atoms with Crippen molar-refractivity contribution in [3.63, 3.8) is 0 Å². The summed E-state index contributed by atoms with van der Waals surface area (Å²) in [4.78, 5) is -0.534. The van der Waals surface area contributed by atoms with Crippen LogP contribution in [0.2, 0.25) is 0 Å². The Morgan fingerprint density at radius 1 is 1.13 bits per heavy atom. The summed E-state index contributed by atoms with van der Waals surface area (Å²) in [6, 6.07) is 4.98. The first kappa shape index (κ1) is 30.3. The Bertz CT molecular complexity index is 1400. The average molecular weight is 601 g/mol. The van der Waals surface area contributed by atoms with Gasteiger partial charge in [0.25, 0.3) is 10.1 Å². The summed E-state index contributed by atoms with van der Waals surface area (Å²) in [5.41, 5.74) is 3.76. The molecular weight excluding hydrogens is 575 g/mol. The Labute approximate surface area is 221 Å². The number of hydrogen-bond acceptors (Lipinski definition) is 7. The molecule has 0 aliphatic heterocycles. The Kier molecular flexibility index (Phi) is 8.85. The summed E-state index contributed by atoms with van der Waals surface area (Å²) in [6.45, 7) is 0. The maximum Gasteiger partial charge on any atom is 0.416 e. The van der Waals surface area contributed by atoms with Gasteiger partial charge in [0.05, 0.1) is 22.8 Å². The zero-order valence-corrected chi connectivity index (χ0v) is 22.4. The highest BCUT2D eigenvalue weighted by Crippen LogP contribution is 2.51. The fraction of sp³-hybridized carbons (Fsp3) is 0.435. The Morgan fingerprint density at radius 3 is 2.32 bits per heavy atom. The van der Waals surface area contributed by atoms with Crippen LogP contribution in [0.25, 0.3) is 0 Å². The van der Waals surface area contributed by atoms with Crippen molar-refractivity contribution in [1.82, 2.24) is 0 Å². The van der Waals surface area contributed by atoms with E-state index in [2.05, 4.69) is 0 Å². The van der Waals surface area contributed by atoms with Crippen LogP contribution in [0.4, 0.5) is 22.0 Å². The van der Waals surface area contributed by atoms with Crippen LogP contribution < -0.4 is 5.73 Å². The van der Waals surface area contributed by atoms with Crippen LogP contribution >= 0.6 is 11.8 Å². The van der Waals surface area contributed by atoms with Crippen molar-refractivity contribution in [3.8, 4) is 0 Å². The van der Waals surface area contributed by atoms with Crippen LogP contribution in [-0.2, 0) is 35.1 Å². The Hall–Kier alpha value is -2.23. The van der Waals surface area contributed by atoms with Crippen molar-refractivity contribution in [2.24, 2.45) is 11.7 Å². The van der Waals surface area contributed by atoms with Crippen LogP contribution in [0, 0.1) is 23.0 Å². The van der Waals surface area contributed by atoms with Crippen LogP contribution in [-0.4, -0.2) is 40.1 Å². The van der Waals surface area contributed by atoms with Crippen LogP contribution in [0.5, 0.6) is 0 Å². The van der Waals surface area contributed by atoms with Crippen LogP contribution in [0.15, 0.2) is 47.4 Å². The number of nitrogens with two attached hydrogens (primary N) is 1. The first-order chi connectivity index (χ1) is 17.5. The highest BCUT2D eigenvalue weighted by molar-refractivity contribution is 8.13. The van der Waals surface area contributed by atoms with E-state index in [4.69, 9.17) is 15.3 Å². The smallest absolute Gasteiger partial charge is 0.379 e. The number of rotatable bonds is 8. The van der Waals surface area contributed by atoms with Gasteiger partial charge in [-0.2, -0.15) is 21.6 Å². The first-order valence-corrected chi connectivity index (χ1v) is 15.5. The number of thioether (sulfide) groups is 1. The standard InChI is InChI=1S/C23H25F5N2O5S3/c1-37(31,32)35-20-8-10-22(13-14(20)9-11-36-21(29)30,18-12-16(24)4-7-19(18)25)38(33,34)17-5-2-15(3-6-17)23(26,27)28/h2-7,12,14,20H,8-11,13H2,1H3,(H3,29,30)/t14-,20-,22-/m1/s1. The monoisotopic (exact) mass is 600 g/mol. The van der Waals surface area contributed by atoms with Gasteiger partial charge in [-0.3, -0.25) is 9.59 Å². The van der Waals surface area contributed by atoms with Gasteiger partial charge in [0, 0.05) is 11.3 Å². The van der Waals surface area contributed by atoms with Gasteiger partial charge in [-0.15, -0.1) is 0 Å². The number of hydrogen-bond donors (Lipinski definition) is 2. The second kappa shape index (κ2) is 11.1. The van der Waals surface area contributed by atoms with E-state index >= 15 is 4.39 Å². The zero-order chi connectivity index (χ0) is 28.5. The van der Waals surface area contributed by atoms with Crippen molar-refractivity contribution >= 4 is 36.9 Å². The number of sulfone groups is 1. The molecule has 1 aliphatic carbocycles. The summed E-state index contributed by atoms with van der Waals surface area (Å²) < 4.78 is 124. The minimum Gasteiger partial charge on any atom is -0.379 e. The Balaban J connectivity index is 2.17. The van der Waals surface area contributed by atoms with E-state index in [9.17, 15) is 34.4 Å². The quantitative estimate of drug-likeness (QED) is 0.193. The van der Waals surface area contributed by atoms with E-state index in [-0.39, 0.29) is 23.8 Å². The minimum atomic E-state index is -4.73. The molecule has 0 radical (unpaired) electrons. The first-order valence-electron chi connectivity index (χ1n) is 11.2. The van der Waals surface area contributed by atoms with Gasteiger partial charge in [0.15, 0.2) is 15.0 Å². The van der Waals surface area contributed by atoms with E-state index in [1.165, 1.54) is 0 Å². The fourth-order valence-corrected chi connectivity index (χ4v) is 8.31. The lowest BCUT2D eigenvalue weighted by Gasteiger charge is -2.44. The summed E-state index contributed by atoms with van der Waals surface area (Å²) in [5.74, 6) is -2.63. The predicted octanol–water partition coefficient (Wildman–Crippen LogP) is 4.81. The molecule has 0 spiro atoms. The van der Waals surface area contributed by atoms with Gasteiger partial charge in [-0.05, 0) is 74.1 Å². The molecule has 38 heavy (non-hydrogen) atoms. The van der Waals surface area contributed by atoms with E-state index in [1.54, 1.807) is 0 Å². The van der Waals surface area contributed by atoms with Gasteiger partial charge < -0.3 is 5.73 Å². The lowest BCUT2D eigenvalue weighted by atomic mass is 9.74. The summed E-state index contributed by atoms with van der Waals surface area (Å²) in [5, 5.41) is 7.15. The number of nitrogens with one attached hydrogen (secondary N) is 1. The van der Waals surface area contributed by atoms with E-state index in [0.29, 0.717) is 12.1 Å². The SMILES string of the molecule is CS(=O)(=O)O[C@@H]1CC[C@@](c2cc(F)ccc2F)(S(=O)(=O)c2ccc(C(F)(F)F)cc2)C[C@H]1CCSC(=N)N. The molecule has 2 aromatic rings. The predicted molar refractivity (Wildman–Crippen MR) is 133 cm³/mol. The largest absolute Gasteiger partial charge is 0.416 e. The second-order valence-corrected chi connectivity index (χ2v) is 14.0. The second-order valence-electron chi connectivity index (χ2n) is 8.99. The molecule has 3 rings (SSSR count). The third-order valence-corrected chi connectivity index (χ3v) is 10.3. The molecule has 0 unspecified atom stereocenters. The number of amidine groups is 1. The summed E-state index contributed by atoms with van der Waals surface area (Å²) in [7, 11) is -8.66. The number of halogens is 5. The lowest BCUT2D eigenvalue weighted by Crippen LogP contribution is -2.47. The zero-order valence-electron chi connectivity index (χ0n) is 20.0. The third kappa shape index (κ3) is 6.66. The van der Waals surface area contributed by atoms with Gasteiger partial charge >= 0.3 is 6.18 Å². The van der Waals surface area contributed by atoms with Crippen molar-refractivity contribution in [3.05, 3.63) is 65.2 Å². The topological polar surface area (TPSA) is 127 Å². The van der Waals surface area contributed by atoms with Gasteiger partial charge in [-0.1, -0.05) is 11.8 Å². The highest BCUT2D eigenvalue weighted by Gasteiger charge is 2.53. The van der Waals surface area contributed by atoms with E-state index in [1.807, 2.05) is 0 Å². The van der Waals surface area contributed by atoms with Crippen molar-refractivity contribution in [2.45, 2.75) is 47.6 Å². The van der Waals surface area contributed by atoms with Crippen LogP contribution in [0.3, 0.4) is 0 Å². The molecule has 0 saturated heterocycles. The highest BCUT2D eigenvalue weighted by atomic mass is 32.2. The molecule has 3 atom stereocenters. The van der Waals surface area contributed by atoms with Gasteiger partial charge in [-0.25, -0.2) is 17.2 Å². The molecule has 7 nitrogen and oxygen atoms in total. The van der Waals surface area contributed by atoms with Gasteiger partial charge in [0.1, 0.15) is 16.4 Å². The molecule has 0 aromatic heterocycles. The number of benzene rings is 2. The molecule has 0 amide bonds. The maximum atomic E-state index is 15.2. The molecule has 1 aliphatic rings. The lowest BCUT2D eigenvalue weighted by molar-refractivity contribution is -0.137. The van der Waals surface area contributed by atoms with Crippen LogP contribution in [0.1, 0.15) is 36.8 Å². The Morgan fingerprint density at radius 2 is 1.76 bits per heavy atom. The molecular formula is C23H25F5N2O5S3. The molecule has 210 valence electrons. The molecule has 1 saturated carbocycles. The molecule has 0 heterocycles. The van der Waals surface area contributed by atoms with Crippen molar-refractivity contribution in [2.75, 3.05) is 12.0 Å². The maximum absolute atomic E-state index is 15.2. The van der Waals surface area contributed by atoms with E-state index < -0.39 is 83.4 Å². The summed E-state index contributed by atoms with van der Waals surface area (Å²) in [6.07, 6.45) is -5.83. The molecule has 0 bridgehead atoms. The molecule has 1 fully saturated rings. The summed E-state index contributed by atoms with van der Waals surface area (Å²) >= 11 is 0.920. The van der Waals surface area contributed by atoms with Crippen molar-refractivity contribution in [1.29, 1.82) is 5.41 Å². The third-order valence-electron chi connectivity index (χ3n) is 6.42. The average Bonchev–Trinajstić information content (AvgIpc) is 2.80. The molecule has 2 aromatic carbocycles. The van der Waals surface area contributed by atoms with Gasteiger partial charge in [0.2, 0.25) is 0 Å². The minimum absolute atomic E-state index is 0.103. The normalized spacial score (nSPS) is 22.8. The van der Waals surface area contributed by atoms with E-state index in [0.717, 1.165) is 48.3 Å². The molecule has 3 N–H and O–H groups in total. The number of alkyl halides is 3. The fourth-order valence-electron chi connectivity index (χ4n) is 4.76.